The Bertz CT molecular complexity index is 1080. The van der Waals surface area contributed by atoms with Crippen LogP contribution in [0.25, 0.3) is 0 Å². The van der Waals surface area contributed by atoms with E-state index in [4.69, 9.17) is 19.1 Å². The van der Waals surface area contributed by atoms with Gasteiger partial charge in [0, 0.05) is 25.1 Å². The van der Waals surface area contributed by atoms with Gasteiger partial charge < -0.3 is 23.7 Å². The summed E-state index contributed by atoms with van der Waals surface area (Å²) >= 11 is 0. The van der Waals surface area contributed by atoms with Crippen molar-refractivity contribution in [1.29, 1.82) is 0 Å². The lowest BCUT2D eigenvalue weighted by Gasteiger charge is -2.34. The zero-order valence-corrected chi connectivity index (χ0v) is 17.4. The number of nitrogens with zero attached hydrogens (tertiary/aromatic N) is 5. The fourth-order valence-electron chi connectivity index (χ4n) is 3.12. The van der Waals surface area contributed by atoms with Gasteiger partial charge in [-0.15, -0.1) is 0 Å². The number of pyridine rings is 1. The minimum atomic E-state index is -5.08. The monoisotopic (exact) mass is 467 g/mol. The number of oxazole rings is 1. The maximum Gasteiger partial charge on any atom is 0.490 e. The molecule has 1 unspecified atom stereocenters. The van der Waals surface area contributed by atoms with Gasteiger partial charge in [-0.3, -0.25) is 9.78 Å². The molecule has 33 heavy (non-hydrogen) atoms. The Morgan fingerprint density at radius 3 is 2.58 bits per heavy atom. The van der Waals surface area contributed by atoms with Crippen molar-refractivity contribution in [2.75, 3.05) is 13.2 Å². The molecule has 0 saturated carbocycles. The van der Waals surface area contributed by atoms with Crippen LogP contribution >= 0.6 is 0 Å². The Hall–Kier alpha value is -3.74. The predicted molar refractivity (Wildman–Crippen MR) is 105 cm³/mol. The van der Waals surface area contributed by atoms with Crippen LogP contribution in [0.15, 0.2) is 47.9 Å². The van der Waals surface area contributed by atoms with E-state index in [-0.39, 0.29) is 17.7 Å². The molecule has 0 bridgehead atoms. The van der Waals surface area contributed by atoms with E-state index >= 15 is 0 Å². The van der Waals surface area contributed by atoms with Crippen molar-refractivity contribution < 1.29 is 37.0 Å². The highest BCUT2D eigenvalue weighted by atomic mass is 19.4. The number of fused-ring (bicyclic) bond motifs is 1. The number of aromatic nitrogens is 4. The number of alkyl halides is 3. The molecule has 1 aliphatic rings. The first kappa shape index (κ1) is 23.9. The summed E-state index contributed by atoms with van der Waals surface area (Å²) < 4.78 is 44.9. The van der Waals surface area contributed by atoms with Crippen LogP contribution in [0, 0.1) is 6.92 Å². The number of hydrogen-bond acceptors (Lipinski definition) is 7. The number of carbonyl (C=O) groups is 2. The van der Waals surface area contributed by atoms with Gasteiger partial charge in [-0.1, -0.05) is 0 Å². The molecule has 4 heterocycles. The van der Waals surface area contributed by atoms with Crippen LogP contribution in [0.2, 0.25) is 0 Å². The lowest BCUT2D eigenvalue weighted by molar-refractivity contribution is -0.192. The first-order valence-corrected chi connectivity index (χ1v) is 9.63. The van der Waals surface area contributed by atoms with Crippen molar-refractivity contribution in [2.45, 2.75) is 32.3 Å². The molecule has 176 valence electrons. The molecule has 4 rings (SSSR count). The van der Waals surface area contributed by atoms with Crippen molar-refractivity contribution >= 4 is 11.9 Å². The second kappa shape index (κ2) is 10.3. The van der Waals surface area contributed by atoms with Crippen molar-refractivity contribution in [1.82, 2.24) is 24.4 Å². The van der Waals surface area contributed by atoms with Gasteiger partial charge in [0.15, 0.2) is 6.39 Å². The predicted octanol–water partition coefficient (Wildman–Crippen LogP) is 2.62. The van der Waals surface area contributed by atoms with Gasteiger partial charge in [-0.2, -0.15) is 13.2 Å². The number of imidazole rings is 1. The zero-order valence-electron chi connectivity index (χ0n) is 17.4. The molecule has 0 radical (unpaired) electrons. The van der Waals surface area contributed by atoms with Crippen LogP contribution in [0.3, 0.4) is 0 Å². The second-order valence-electron chi connectivity index (χ2n) is 7.07. The standard InChI is InChI=1S/C18H19N5O3.C2HF3O2/c1-13-17(26-12-21-13)18(24)22-7-15-6-20-11-23(15)16(8-22)10-25-9-14-2-4-19-5-3-14;3-2(4,5)1(6)7/h2-6,11-12,16H,7-10H2,1H3;(H,6,7). The largest absolute Gasteiger partial charge is 0.490 e. The van der Waals surface area contributed by atoms with Crippen LogP contribution < -0.4 is 0 Å². The van der Waals surface area contributed by atoms with Gasteiger partial charge in [-0.25, -0.2) is 14.8 Å². The average molecular weight is 467 g/mol. The molecule has 10 nitrogen and oxygen atoms in total. The summed E-state index contributed by atoms with van der Waals surface area (Å²) in [7, 11) is 0. The Labute approximate surface area is 185 Å². The zero-order chi connectivity index (χ0) is 24.0. The highest BCUT2D eigenvalue weighted by molar-refractivity contribution is 5.92. The summed E-state index contributed by atoms with van der Waals surface area (Å²) in [5, 5.41) is 7.12. The third kappa shape index (κ3) is 6.16. The van der Waals surface area contributed by atoms with E-state index in [9.17, 15) is 18.0 Å². The summed E-state index contributed by atoms with van der Waals surface area (Å²) in [4.78, 5) is 35.6. The first-order chi connectivity index (χ1) is 15.7. The number of carboxylic acid groups (broad SMARTS) is 1. The minimum absolute atomic E-state index is 0.00438. The van der Waals surface area contributed by atoms with E-state index in [1.54, 1.807) is 36.7 Å². The normalized spacial score (nSPS) is 15.4. The summed E-state index contributed by atoms with van der Waals surface area (Å²) in [6.45, 7) is 3.75. The summed E-state index contributed by atoms with van der Waals surface area (Å²) in [6.07, 6.45) is 3.27. The highest BCUT2D eigenvalue weighted by Crippen LogP contribution is 2.24. The molecule has 0 aliphatic carbocycles. The smallest absolute Gasteiger partial charge is 0.475 e. The van der Waals surface area contributed by atoms with Gasteiger partial charge in [0.2, 0.25) is 5.76 Å². The molecule has 0 spiro atoms. The van der Waals surface area contributed by atoms with Gasteiger partial charge in [0.1, 0.15) is 0 Å². The Balaban J connectivity index is 0.000000383. The maximum absolute atomic E-state index is 12.8. The number of halogens is 3. The van der Waals surface area contributed by atoms with Crippen molar-refractivity contribution in [3.63, 3.8) is 0 Å². The topological polar surface area (TPSA) is 124 Å². The fourth-order valence-corrected chi connectivity index (χ4v) is 3.12. The molecule has 0 fully saturated rings. The lowest BCUT2D eigenvalue weighted by Crippen LogP contribution is -2.42. The molecule has 1 aliphatic heterocycles. The lowest BCUT2D eigenvalue weighted by atomic mass is 10.1. The Morgan fingerprint density at radius 2 is 1.97 bits per heavy atom. The van der Waals surface area contributed by atoms with Crippen LogP contribution in [0.1, 0.15) is 33.5 Å². The number of ether oxygens (including phenoxy) is 1. The molecule has 1 amide bonds. The van der Waals surface area contributed by atoms with E-state index in [2.05, 4.69) is 19.5 Å². The molecule has 1 N–H and O–H groups in total. The summed E-state index contributed by atoms with van der Waals surface area (Å²) in [5.41, 5.74) is 2.63. The van der Waals surface area contributed by atoms with Crippen LogP contribution in [0.4, 0.5) is 13.2 Å². The average Bonchev–Trinajstić information content (AvgIpc) is 3.42. The van der Waals surface area contributed by atoms with Gasteiger partial charge in [0.25, 0.3) is 5.91 Å². The summed E-state index contributed by atoms with van der Waals surface area (Å²) in [6, 6.07) is 3.84. The molecule has 1 atom stereocenters. The van der Waals surface area contributed by atoms with E-state index in [0.29, 0.717) is 32.0 Å². The molecule has 3 aromatic rings. The van der Waals surface area contributed by atoms with Gasteiger partial charge in [0.05, 0.1) is 43.5 Å². The Kier molecular flexibility index (Phi) is 7.43. The molecule has 0 saturated heterocycles. The molecule has 0 aromatic carbocycles. The minimum Gasteiger partial charge on any atom is -0.475 e. The SMILES string of the molecule is Cc1ncoc1C(=O)N1Cc2cncn2C(COCc2ccncc2)C1.O=C(O)C(F)(F)F. The summed E-state index contributed by atoms with van der Waals surface area (Å²) in [5.74, 6) is -2.63. The van der Waals surface area contributed by atoms with E-state index in [1.807, 2.05) is 12.1 Å². The van der Waals surface area contributed by atoms with Crippen molar-refractivity contribution in [3.05, 3.63) is 66.2 Å². The number of aliphatic carboxylic acids is 1. The number of aryl methyl sites for hydroxylation is 1. The van der Waals surface area contributed by atoms with Gasteiger partial charge in [-0.05, 0) is 24.6 Å². The molecular weight excluding hydrogens is 447 g/mol. The Morgan fingerprint density at radius 1 is 1.27 bits per heavy atom. The van der Waals surface area contributed by atoms with E-state index in [0.717, 1.165) is 11.3 Å². The molecular formula is C20H20F3N5O5. The van der Waals surface area contributed by atoms with Gasteiger partial charge >= 0.3 is 12.1 Å². The van der Waals surface area contributed by atoms with Crippen LogP contribution in [-0.4, -0.2) is 60.7 Å². The third-order valence-corrected chi connectivity index (χ3v) is 4.72. The quantitative estimate of drug-likeness (QED) is 0.608. The van der Waals surface area contributed by atoms with Crippen molar-refractivity contribution in [3.8, 4) is 0 Å². The number of amides is 1. The van der Waals surface area contributed by atoms with E-state index < -0.39 is 12.1 Å². The first-order valence-electron chi connectivity index (χ1n) is 9.63. The second-order valence-corrected chi connectivity index (χ2v) is 7.07. The number of carbonyl (C=O) groups excluding carboxylic acids is 1. The molecule has 3 aromatic heterocycles. The van der Waals surface area contributed by atoms with Crippen LogP contribution in [0.5, 0.6) is 0 Å². The highest BCUT2D eigenvalue weighted by Gasteiger charge is 2.38. The van der Waals surface area contributed by atoms with E-state index in [1.165, 1.54) is 6.39 Å². The number of hydrogen-bond donors (Lipinski definition) is 1. The fraction of sp³-hybridized carbons (Fsp3) is 0.350. The van der Waals surface area contributed by atoms with Crippen LogP contribution in [-0.2, 0) is 22.7 Å². The van der Waals surface area contributed by atoms with Crippen molar-refractivity contribution in [2.24, 2.45) is 0 Å². The number of rotatable bonds is 5. The molecule has 13 heteroatoms. The maximum atomic E-state index is 12.8. The third-order valence-electron chi connectivity index (χ3n) is 4.72. The number of carboxylic acids is 1.